The molecule has 1 atom stereocenters. The van der Waals surface area contributed by atoms with Crippen LogP contribution in [0.3, 0.4) is 0 Å². The highest BCUT2D eigenvalue weighted by Gasteiger charge is 2.22. The third-order valence-electron chi connectivity index (χ3n) is 3.31. The second-order valence-corrected chi connectivity index (χ2v) is 5.10. The molecule has 1 unspecified atom stereocenters. The predicted octanol–water partition coefficient (Wildman–Crippen LogP) is 2.36. The number of benzene rings is 1. The van der Waals surface area contributed by atoms with Crippen LogP contribution in [-0.2, 0) is 0 Å². The maximum Gasteiger partial charge on any atom is 0.0427 e. The first-order valence-electron chi connectivity index (χ1n) is 6.14. The standard InChI is InChI=1S/C14H22N2/c1-9-6-10(2)14(11(3)7-9)13(15)8-16-12-4-5-12/h6-7,12-13,16H,4-5,8,15H2,1-3H3. The van der Waals surface area contributed by atoms with Gasteiger partial charge in [-0.1, -0.05) is 17.7 Å². The van der Waals surface area contributed by atoms with Gasteiger partial charge in [-0.2, -0.15) is 0 Å². The smallest absolute Gasteiger partial charge is 0.0427 e. The van der Waals surface area contributed by atoms with Crippen molar-refractivity contribution in [3.8, 4) is 0 Å². The van der Waals surface area contributed by atoms with Gasteiger partial charge in [-0.3, -0.25) is 0 Å². The van der Waals surface area contributed by atoms with Gasteiger partial charge in [0.1, 0.15) is 0 Å². The largest absolute Gasteiger partial charge is 0.323 e. The summed E-state index contributed by atoms with van der Waals surface area (Å²) in [7, 11) is 0. The molecule has 2 heteroatoms. The van der Waals surface area contributed by atoms with Gasteiger partial charge in [0.05, 0.1) is 0 Å². The van der Waals surface area contributed by atoms with Gasteiger partial charge in [0.25, 0.3) is 0 Å². The first-order valence-corrected chi connectivity index (χ1v) is 6.14. The van der Waals surface area contributed by atoms with Crippen molar-refractivity contribution in [3.05, 3.63) is 34.4 Å². The summed E-state index contributed by atoms with van der Waals surface area (Å²) in [5.74, 6) is 0. The average Bonchev–Trinajstić information content (AvgIpc) is 2.96. The van der Waals surface area contributed by atoms with Gasteiger partial charge in [-0.15, -0.1) is 0 Å². The van der Waals surface area contributed by atoms with E-state index in [4.69, 9.17) is 5.73 Å². The maximum atomic E-state index is 6.26. The maximum absolute atomic E-state index is 6.26. The van der Waals surface area contributed by atoms with Crippen LogP contribution in [0.15, 0.2) is 12.1 Å². The van der Waals surface area contributed by atoms with E-state index in [0.29, 0.717) is 0 Å². The highest BCUT2D eigenvalue weighted by atomic mass is 15.0. The Morgan fingerprint density at radius 3 is 2.31 bits per heavy atom. The molecule has 1 fully saturated rings. The van der Waals surface area contributed by atoms with Crippen molar-refractivity contribution in [1.82, 2.24) is 5.32 Å². The van der Waals surface area contributed by atoms with E-state index in [1.54, 1.807) is 0 Å². The number of hydrogen-bond acceptors (Lipinski definition) is 2. The summed E-state index contributed by atoms with van der Waals surface area (Å²) in [6, 6.07) is 5.30. The van der Waals surface area contributed by atoms with E-state index in [1.807, 2.05) is 0 Å². The second-order valence-electron chi connectivity index (χ2n) is 5.10. The van der Waals surface area contributed by atoms with Crippen LogP contribution in [0.4, 0.5) is 0 Å². The molecule has 0 spiro atoms. The lowest BCUT2D eigenvalue weighted by molar-refractivity contribution is 0.591. The van der Waals surface area contributed by atoms with Crippen molar-refractivity contribution >= 4 is 0 Å². The first-order chi connectivity index (χ1) is 7.58. The topological polar surface area (TPSA) is 38.0 Å². The van der Waals surface area contributed by atoms with Crippen LogP contribution >= 0.6 is 0 Å². The molecule has 1 aromatic carbocycles. The fraction of sp³-hybridized carbons (Fsp3) is 0.571. The van der Waals surface area contributed by atoms with Gasteiger partial charge in [0.2, 0.25) is 0 Å². The van der Waals surface area contributed by atoms with Crippen LogP contribution in [0, 0.1) is 20.8 Å². The van der Waals surface area contributed by atoms with Gasteiger partial charge in [0, 0.05) is 18.6 Å². The SMILES string of the molecule is Cc1cc(C)c(C(N)CNC2CC2)c(C)c1. The van der Waals surface area contributed by atoms with Gasteiger partial charge in [0.15, 0.2) is 0 Å². The third kappa shape index (κ3) is 2.63. The van der Waals surface area contributed by atoms with E-state index >= 15 is 0 Å². The normalized spacial score (nSPS) is 17.5. The molecule has 2 nitrogen and oxygen atoms in total. The van der Waals surface area contributed by atoms with Crippen molar-refractivity contribution < 1.29 is 0 Å². The molecule has 0 aliphatic heterocycles. The van der Waals surface area contributed by atoms with Crippen molar-refractivity contribution in [2.24, 2.45) is 5.73 Å². The van der Waals surface area contributed by atoms with Gasteiger partial charge < -0.3 is 11.1 Å². The molecule has 1 saturated carbocycles. The second kappa shape index (κ2) is 4.56. The van der Waals surface area contributed by atoms with E-state index in [0.717, 1.165) is 12.6 Å². The molecule has 1 aromatic rings. The minimum absolute atomic E-state index is 0.126. The van der Waals surface area contributed by atoms with Crippen LogP contribution in [0.5, 0.6) is 0 Å². The number of hydrogen-bond donors (Lipinski definition) is 2. The average molecular weight is 218 g/mol. The molecule has 1 aliphatic carbocycles. The predicted molar refractivity (Wildman–Crippen MR) is 68.6 cm³/mol. The Labute approximate surface area is 98.2 Å². The lowest BCUT2D eigenvalue weighted by Gasteiger charge is -2.19. The van der Waals surface area contributed by atoms with Crippen LogP contribution in [-0.4, -0.2) is 12.6 Å². The Morgan fingerprint density at radius 2 is 1.81 bits per heavy atom. The lowest BCUT2D eigenvalue weighted by atomic mass is 9.94. The molecule has 1 aliphatic rings. The molecular formula is C14H22N2. The quantitative estimate of drug-likeness (QED) is 0.814. The molecule has 2 rings (SSSR count). The van der Waals surface area contributed by atoms with Crippen molar-refractivity contribution in [2.45, 2.75) is 45.7 Å². The Balaban J connectivity index is 2.11. The Morgan fingerprint density at radius 1 is 1.25 bits per heavy atom. The molecule has 0 amide bonds. The zero-order chi connectivity index (χ0) is 11.7. The molecule has 0 bridgehead atoms. The molecule has 0 saturated heterocycles. The van der Waals surface area contributed by atoms with Crippen molar-refractivity contribution in [2.75, 3.05) is 6.54 Å². The van der Waals surface area contributed by atoms with Crippen LogP contribution < -0.4 is 11.1 Å². The first kappa shape index (κ1) is 11.6. The summed E-state index contributed by atoms with van der Waals surface area (Å²) < 4.78 is 0. The zero-order valence-electron chi connectivity index (χ0n) is 10.5. The minimum Gasteiger partial charge on any atom is -0.323 e. The van der Waals surface area contributed by atoms with E-state index in [-0.39, 0.29) is 6.04 Å². The summed E-state index contributed by atoms with van der Waals surface area (Å²) in [5, 5.41) is 3.50. The minimum atomic E-state index is 0.126. The number of nitrogens with two attached hydrogens (primary N) is 1. The Hall–Kier alpha value is -0.860. The monoisotopic (exact) mass is 218 g/mol. The lowest BCUT2D eigenvalue weighted by Crippen LogP contribution is -2.29. The third-order valence-corrected chi connectivity index (χ3v) is 3.31. The Kier molecular flexibility index (Phi) is 3.31. The zero-order valence-corrected chi connectivity index (χ0v) is 10.5. The van der Waals surface area contributed by atoms with Gasteiger partial charge in [-0.25, -0.2) is 0 Å². The fourth-order valence-corrected chi connectivity index (χ4v) is 2.46. The summed E-state index contributed by atoms with van der Waals surface area (Å²) in [5.41, 5.74) is 11.5. The molecular weight excluding hydrogens is 196 g/mol. The van der Waals surface area contributed by atoms with E-state index < -0.39 is 0 Å². The highest BCUT2D eigenvalue weighted by Crippen LogP contribution is 2.23. The van der Waals surface area contributed by atoms with E-state index in [2.05, 4.69) is 38.2 Å². The summed E-state index contributed by atoms with van der Waals surface area (Å²) >= 11 is 0. The fourth-order valence-electron chi connectivity index (χ4n) is 2.46. The number of nitrogens with one attached hydrogen (secondary N) is 1. The van der Waals surface area contributed by atoms with Crippen LogP contribution in [0.2, 0.25) is 0 Å². The van der Waals surface area contributed by atoms with Crippen molar-refractivity contribution in [1.29, 1.82) is 0 Å². The molecule has 0 aromatic heterocycles. The number of rotatable bonds is 4. The van der Waals surface area contributed by atoms with Gasteiger partial charge in [-0.05, 0) is 50.3 Å². The van der Waals surface area contributed by atoms with Crippen LogP contribution in [0.1, 0.15) is 41.1 Å². The molecule has 3 N–H and O–H groups in total. The van der Waals surface area contributed by atoms with E-state index in [1.165, 1.54) is 35.1 Å². The number of aryl methyl sites for hydroxylation is 3. The molecule has 0 radical (unpaired) electrons. The summed E-state index contributed by atoms with van der Waals surface area (Å²) in [6.45, 7) is 7.35. The van der Waals surface area contributed by atoms with Crippen LogP contribution in [0.25, 0.3) is 0 Å². The van der Waals surface area contributed by atoms with E-state index in [9.17, 15) is 0 Å². The molecule has 16 heavy (non-hydrogen) atoms. The Bertz CT molecular complexity index is 357. The highest BCUT2D eigenvalue weighted by molar-refractivity contribution is 5.39. The summed E-state index contributed by atoms with van der Waals surface area (Å²) in [4.78, 5) is 0. The molecule has 88 valence electrons. The molecule has 0 heterocycles. The summed E-state index contributed by atoms with van der Waals surface area (Å²) in [6.07, 6.45) is 2.64. The van der Waals surface area contributed by atoms with Crippen molar-refractivity contribution in [3.63, 3.8) is 0 Å². The van der Waals surface area contributed by atoms with Gasteiger partial charge >= 0.3 is 0 Å².